The van der Waals surface area contributed by atoms with Gasteiger partial charge in [-0.15, -0.1) is 0 Å². The van der Waals surface area contributed by atoms with Crippen molar-refractivity contribution >= 4 is 35.5 Å². The number of carboxylic acids is 2. The van der Waals surface area contributed by atoms with Crippen LogP contribution < -0.4 is 20.8 Å². The molecule has 12 nitrogen and oxygen atoms in total. The first-order chi connectivity index (χ1) is 20.1. The molecule has 0 atom stereocenters. The zero-order chi connectivity index (χ0) is 31.3. The van der Waals surface area contributed by atoms with Crippen molar-refractivity contribution in [2.75, 3.05) is 23.8 Å². The second-order valence-corrected chi connectivity index (χ2v) is 9.38. The van der Waals surface area contributed by atoms with Crippen molar-refractivity contribution in [2.24, 2.45) is 0 Å². The molecule has 0 aromatic heterocycles. The zero-order valence-corrected chi connectivity index (χ0v) is 27.8. The predicted octanol–water partition coefficient (Wildman–Crippen LogP) is 5.95. The van der Waals surface area contributed by atoms with Crippen LogP contribution in [0.3, 0.4) is 0 Å². The SMILES string of the molecule is CCCCCCCOC(=O)Nc1ccc(C(=O)O)c([O-])c1.CCCCCCCOC(=O)Nc1ccc(C(=O)O)c([O-])c1.[Zn+2]. The van der Waals surface area contributed by atoms with Gasteiger partial charge in [-0.25, -0.2) is 19.2 Å². The number of aromatic carboxylic acids is 2. The van der Waals surface area contributed by atoms with Gasteiger partial charge in [-0.3, -0.25) is 10.6 Å². The summed E-state index contributed by atoms with van der Waals surface area (Å²) in [4.78, 5) is 44.3. The number of hydrogen-bond donors (Lipinski definition) is 4. The normalized spacial score (nSPS) is 9.91. The molecule has 13 heteroatoms. The summed E-state index contributed by atoms with van der Waals surface area (Å²) in [6.07, 6.45) is 9.25. The molecule has 0 aliphatic rings. The molecule has 4 N–H and O–H groups in total. The monoisotopic (exact) mass is 652 g/mol. The van der Waals surface area contributed by atoms with E-state index in [9.17, 15) is 29.4 Å². The zero-order valence-electron chi connectivity index (χ0n) is 24.8. The summed E-state index contributed by atoms with van der Waals surface area (Å²) in [6, 6.07) is 7.15. The van der Waals surface area contributed by atoms with E-state index in [1.165, 1.54) is 25.0 Å². The van der Waals surface area contributed by atoms with Gasteiger partial charge in [-0.2, -0.15) is 0 Å². The first kappa shape index (κ1) is 39.1. The van der Waals surface area contributed by atoms with Crippen LogP contribution in [0.2, 0.25) is 0 Å². The Bertz CT molecular complexity index is 1070. The quantitative estimate of drug-likeness (QED) is 0.124. The van der Waals surface area contributed by atoms with Gasteiger partial charge < -0.3 is 29.9 Å². The predicted molar refractivity (Wildman–Crippen MR) is 153 cm³/mol. The molecule has 0 radical (unpaired) electrons. The average molecular weight is 654 g/mol. The van der Waals surface area contributed by atoms with Crippen molar-refractivity contribution in [1.82, 2.24) is 0 Å². The van der Waals surface area contributed by atoms with E-state index in [0.29, 0.717) is 13.2 Å². The summed E-state index contributed by atoms with van der Waals surface area (Å²) < 4.78 is 9.95. The molecular weight excluding hydrogens is 614 g/mol. The first-order valence-electron chi connectivity index (χ1n) is 14.0. The number of anilines is 2. The molecule has 0 spiro atoms. The molecule has 2 amide bonds. The van der Waals surface area contributed by atoms with Crippen LogP contribution in [0.5, 0.6) is 11.5 Å². The number of unbranched alkanes of at least 4 members (excludes halogenated alkanes) is 8. The van der Waals surface area contributed by atoms with Crippen LogP contribution in [-0.2, 0) is 29.0 Å². The molecule has 0 bridgehead atoms. The Morgan fingerprint density at radius 2 is 0.977 bits per heavy atom. The van der Waals surface area contributed by atoms with E-state index in [2.05, 4.69) is 24.5 Å². The van der Waals surface area contributed by atoms with Crippen LogP contribution in [0.25, 0.3) is 0 Å². The van der Waals surface area contributed by atoms with Crippen LogP contribution in [0.1, 0.15) is 98.8 Å². The molecule has 0 heterocycles. The third-order valence-electron chi connectivity index (χ3n) is 5.88. The summed E-state index contributed by atoms with van der Waals surface area (Å²) in [5, 5.41) is 45.2. The summed E-state index contributed by atoms with van der Waals surface area (Å²) in [5.41, 5.74) is -0.211. The largest absolute Gasteiger partial charge is 2.00 e. The molecule has 0 saturated carbocycles. The molecule has 0 fully saturated rings. The number of ether oxygens (including phenoxy) is 2. The van der Waals surface area contributed by atoms with E-state index in [1.54, 1.807) is 0 Å². The van der Waals surface area contributed by atoms with E-state index >= 15 is 0 Å². The van der Waals surface area contributed by atoms with Crippen LogP contribution in [0.15, 0.2) is 36.4 Å². The Labute approximate surface area is 264 Å². The molecular formula is C30H40N2O10Zn. The molecule has 2 aromatic carbocycles. The Morgan fingerprint density at radius 1 is 0.628 bits per heavy atom. The topological polar surface area (TPSA) is 197 Å². The van der Waals surface area contributed by atoms with E-state index in [1.807, 2.05) is 0 Å². The summed E-state index contributed by atoms with van der Waals surface area (Å²) in [5.74, 6) is -3.89. The molecule has 0 aliphatic carbocycles. The molecule has 0 saturated heterocycles. The average Bonchev–Trinajstić information content (AvgIpc) is 2.92. The third kappa shape index (κ3) is 17.0. The summed E-state index contributed by atoms with van der Waals surface area (Å²) in [7, 11) is 0. The van der Waals surface area contributed by atoms with Gasteiger partial charge in [-0.05, 0) is 49.2 Å². The minimum atomic E-state index is -1.29. The maximum absolute atomic E-state index is 11.5. The summed E-state index contributed by atoms with van der Waals surface area (Å²) >= 11 is 0. The molecule has 0 unspecified atom stereocenters. The Balaban J connectivity index is 0.000000802. The van der Waals surface area contributed by atoms with Crippen molar-refractivity contribution in [3.05, 3.63) is 47.5 Å². The number of carbonyl (C=O) groups is 4. The van der Waals surface area contributed by atoms with Crippen LogP contribution in [-0.4, -0.2) is 47.6 Å². The fraction of sp³-hybridized carbons (Fsp3) is 0.467. The molecule has 43 heavy (non-hydrogen) atoms. The fourth-order valence-corrected chi connectivity index (χ4v) is 3.60. The van der Waals surface area contributed by atoms with Gasteiger partial charge in [0.2, 0.25) is 0 Å². The van der Waals surface area contributed by atoms with Crippen molar-refractivity contribution < 1.29 is 68.6 Å². The van der Waals surface area contributed by atoms with Crippen LogP contribution in [0.4, 0.5) is 21.0 Å². The van der Waals surface area contributed by atoms with Gasteiger partial charge in [0.25, 0.3) is 0 Å². The molecule has 0 aliphatic heterocycles. The van der Waals surface area contributed by atoms with Gasteiger partial charge in [0.05, 0.1) is 24.3 Å². The van der Waals surface area contributed by atoms with Crippen LogP contribution in [0, 0.1) is 0 Å². The Kier molecular flexibility index (Phi) is 20.7. The number of benzene rings is 2. The minimum absolute atomic E-state index is 0. The number of carbonyl (C=O) groups excluding carboxylic acids is 2. The van der Waals surface area contributed by atoms with Gasteiger partial charge >= 0.3 is 43.6 Å². The summed E-state index contributed by atoms with van der Waals surface area (Å²) in [6.45, 7) is 4.91. The smallest absolute Gasteiger partial charge is 0.872 e. The van der Waals surface area contributed by atoms with Gasteiger partial charge in [0.15, 0.2) is 0 Å². The van der Waals surface area contributed by atoms with Gasteiger partial charge in [0.1, 0.15) is 0 Å². The second kappa shape index (κ2) is 22.7. The van der Waals surface area contributed by atoms with E-state index in [-0.39, 0.29) is 42.0 Å². The van der Waals surface area contributed by atoms with Crippen molar-refractivity contribution in [3.8, 4) is 11.5 Å². The van der Waals surface area contributed by atoms with E-state index < -0.39 is 35.6 Å². The van der Waals surface area contributed by atoms with Crippen molar-refractivity contribution in [3.63, 3.8) is 0 Å². The Morgan fingerprint density at radius 3 is 1.28 bits per heavy atom. The number of carboxylic acid groups (broad SMARTS) is 2. The maximum atomic E-state index is 11.5. The Hall–Kier alpha value is -3.86. The van der Waals surface area contributed by atoms with Crippen molar-refractivity contribution in [1.29, 1.82) is 0 Å². The fourth-order valence-electron chi connectivity index (χ4n) is 3.60. The third-order valence-corrected chi connectivity index (χ3v) is 5.88. The number of nitrogens with one attached hydrogen (secondary N) is 2. The number of rotatable bonds is 16. The number of hydrogen-bond acceptors (Lipinski definition) is 8. The molecule has 2 rings (SSSR count). The van der Waals surface area contributed by atoms with Gasteiger partial charge in [0, 0.05) is 11.4 Å². The first-order valence-corrected chi connectivity index (χ1v) is 14.0. The van der Waals surface area contributed by atoms with Crippen LogP contribution >= 0.6 is 0 Å². The minimum Gasteiger partial charge on any atom is -0.872 e. The standard InChI is InChI=1S/2C15H21NO5.Zn/c2*1-2-3-4-5-6-9-21-15(20)16-11-7-8-12(14(18)19)13(17)10-11;/h2*7-8,10,17H,2-6,9H2,1H3,(H,16,20)(H,18,19);/q;;+2/p-2. The number of amides is 2. The van der Waals surface area contributed by atoms with Gasteiger partial charge in [-0.1, -0.05) is 76.7 Å². The molecule has 2 aromatic rings. The second-order valence-electron chi connectivity index (χ2n) is 9.38. The maximum Gasteiger partial charge on any atom is 2.00 e. The van der Waals surface area contributed by atoms with E-state index in [4.69, 9.17) is 19.7 Å². The van der Waals surface area contributed by atoms with Crippen molar-refractivity contribution in [2.45, 2.75) is 78.1 Å². The molecule has 232 valence electrons. The van der Waals surface area contributed by atoms with E-state index in [0.717, 1.165) is 75.6 Å².